The van der Waals surface area contributed by atoms with Gasteiger partial charge >= 0.3 is 0 Å². The molecular formula is C13H17ClN2O. The molecule has 3 nitrogen and oxygen atoms in total. The first-order chi connectivity index (χ1) is 8.18. The Kier molecular flexibility index (Phi) is 4.02. The van der Waals surface area contributed by atoms with E-state index in [2.05, 4.69) is 0 Å². The highest BCUT2D eigenvalue weighted by molar-refractivity contribution is 6.30. The van der Waals surface area contributed by atoms with Crippen molar-refractivity contribution in [3.05, 3.63) is 29.3 Å². The monoisotopic (exact) mass is 252 g/mol. The molecule has 92 valence electrons. The number of anilines is 1. The summed E-state index contributed by atoms with van der Waals surface area (Å²) in [5.74, 6) is 5.97. The molecular weight excluding hydrogens is 236 g/mol. The van der Waals surface area contributed by atoms with E-state index in [1.807, 2.05) is 0 Å². The summed E-state index contributed by atoms with van der Waals surface area (Å²) < 4.78 is 0. The zero-order valence-electron chi connectivity index (χ0n) is 9.73. The van der Waals surface area contributed by atoms with Crippen molar-refractivity contribution in [2.45, 2.75) is 32.1 Å². The van der Waals surface area contributed by atoms with Crippen molar-refractivity contribution >= 4 is 23.2 Å². The summed E-state index contributed by atoms with van der Waals surface area (Å²) in [4.78, 5) is 12.2. The van der Waals surface area contributed by atoms with Crippen LogP contribution in [0.15, 0.2) is 24.3 Å². The van der Waals surface area contributed by atoms with Crippen LogP contribution in [0.3, 0.4) is 0 Å². The second-order valence-electron chi connectivity index (χ2n) is 4.52. The summed E-state index contributed by atoms with van der Waals surface area (Å²) in [6.45, 7) is 0. The highest BCUT2D eigenvalue weighted by Crippen LogP contribution is 2.26. The van der Waals surface area contributed by atoms with Crippen LogP contribution in [0, 0.1) is 5.92 Å². The van der Waals surface area contributed by atoms with Crippen LogP contribution in [-0.4, -0.2) is 5.91 Å². The van der Waals surface area contributed by atoms with Gasteiger partial charge in [-0.25, -0.2) is 10.9 Å². The summed E-state index contributed by atoms with van der Waals surface area (Å²) in [7, 11) is 0. The van der Waals surface area contributed by atoms with Gasteiger partial charge in [-0.3, -0.25) is 4.79 Å². The smallest absolute Gasteiger partial charge is 0.244 e. The Morgan fingerprint density at radius 2 is 1.76 bits per heavy atom. The topological polar surface area (TPSA) is 46.3 Å². The van der Waals surface area contributed by atoms with Crippen LogP contribution in [0.1, 0.15) is 32.1 Å². The second kappa shape index (κ2) is 5.52. The molecule has 0 atom stereocenters. The zero-order valence-corrected chi connectivity index (χ0v) is 10.5. The molecule has 1 aliphatic rings. The Hall–Kier alpha value is -1.06. The maximum absolute atomic E-state index is 12.2. The number of amides is 1. The van der Waals surface area contributed by atoms with Crippen molar-refractivity contribution in [2.24, 2.45) is 11.8 Å². The van der Waals surface area contributed by atoms with Crippen molar-refractivity contribution in [3.63, 3.8) is 0 Å². The van der Waals surface area contributed by atoms with Gasteiger partial charge in [0.25, 0.3) is 0 Å². The van der Waals surface area contributed by atoms with Gasteiger partial charge in [0.15, 0.2) is 0 Å². The highest BCUT2D eigenvalue weighted by atomic mass is 35.5. The van der Waals surface area contributed by atoms with Gasteiger partial charge < -0.3 is 0 Å². The van der Waals surface area contributed by atoms with E-state index in [9.17, 15) is 4.79 Å². The van der Waals surface area contributed by atoms with Crippen molar-refractivity contribution in [2.75, 3.05) is 5.01 Å². The Labute approximate surface area is 107 Å². The number of hydrogen-bond donors (Lipinski definition) is 1. The molecule has 0 spiro atoms. The predicted molar refractivity (Wildman–Crippen MR) is 69.7 cm³/mol. The van der Waals surface area contributed by atoms with Crippen LogP contribution in [0.4, 0.5) is 5.69 Å². The quantitative estimate of drug-likeness (QED) is 0.499. The number of carbonyl (C=O) groups is 1. The van der Waals surface area contributed by atoms with Gasteiger partial charge in [0.1, 0.15) is 0 Å². The minimum atomic E-state index is 0.0204. The molecule has 4 heteroatoms. The van der Waals surface area contributed by atoms with E-state index in [4.69, 9.17) is 17.4 Å². The van der Waals surface area contributed by atoms with E-state index in [0.717, 1.165) is 25.7 Å². The molecule has 0 aliphatic heterocycles. The number of rotatable bonds is 2. The molecule has 0 saturated heterocycles. The van der Waals surface area contributed by atoms with Crippen LogP contribution in [0.5, 0.6) is 0 Å². The Balaban J connectivity index is 2.05. The molecule has 1 aromatic rings. The number of nitrogens with two attached hydrogens (primary N) is 1. The van der Waals surface area contributed by atoms with Crippen LogP contribution < -0.4 is 10.9 Å². The lowest BCUT2D eigenvalue weighted by molar-refractivity contribution is -0.123. The van der Waals surface area contributed by atoms with Crippen LogP contribution in [0.25, 0.3) is 0 Å². The number of halogens is 1. The number of carbonyl (C=O) groups excluding carboxylic acids is 1. The Morgan fingerprint density at radius 3 is 2.35 bits per heavy atom. The van der Waals surface area contributed by atoms with Crippen LogP contribution >= 0.6 is 11.6 Å². The number of hydrazine groups is 1. The maximum atomic E-state index is 12.2. The Morgan fingerprint density at radius 1 is 1.18 bits per heavy atom. The number of hydrogen-bond acceptors (Lipinski definition) is 2. The Bertz CT molecular complexity index is 385. The standard InChI is InChI=1S/C13H17ClN2O/c14-11-6-8-12(9-7-11)16(15)13(17)10-4-2-1-3-5-10/h6-10H,1-5,15H2. The normalized spacial score (nSPS) is 16.8. The lowest BCUT2D eigenvalue weighted by Gasteiger charge is -2.25. The van der Waals surface area contributed by atoms with E-state index in [0.29, 0.717) is 10.7 Å². The first-order valence-electron chi connectivity index (χ1n) is 6.03. The molecule has 1 aliphatic carbocycles. The van der Waals surface area contributed by atoms with E-state index < -0.39 is 0 Å². The minimum Gasteiger partial charge on any atom is -0.273 e. The van der Waals surface area contributed by atoms with Crippen molar-refractivity contribution in [1.29, 1.82) is 0 Å². The predicted octanol–water partition coefficient (Wildman–Crippen LogP) is 3.13. The van der Waals surface area contributed by atoms with Gasteiger partial charge in [-0.2, -0.15) is 0 Å². The van der Waals surface area contributed by atoms with Crippen LogP contribution in [-0.2, 0) is 4.79 Å². The third kappa shape index (κ3) is 2.99. The van der Waals surface area contributed by atoms with Gasteiger partial charge in [-0.15, -0.1) is 0 Å². The van der Waals surface area contributed by atoms with Gasteiger partial charge in [-0.05, 0) is 37.1 Å². The zero-order chi connectivity index (χ0) is 12.3. The fourth-order valence-electron chi connectivity index (χ4n) is 2.28. The first kappa shape index (κ1) is 12.4. The molecule has 2 N–H and O–H groups in total. The van der Waals surface area contributed by atoms with E-state index in [1.165, 1.54) is 11.4 Å². The molecule has 0 bridgehead atoms. The summed E-state index contributed by atoms with van der Waals surface area (Å²) in [6, 6.07) is 7.02. The van der Waals surface area contributed by atoms with E-state index in [1.54, 1.807) is 24.3 Å². The molecule has 0 radical (unpaired) electrons. The molecule has 1 aromatic carbocycles. The van der Waals surface area contributed by atoms with Gasteiger partial charge in [0, 0.05) is 10.9 Å². The minimum absolute atomic E-state index is 0.0204. The maximum Gasteiger partial charge on any atom is 0.244 e. The van der Waals surface area contributed by atoms with Crippen molar-refractivity contribution in [3.8, 4) is 0 Å². The van der Waals surface area contributed by atoms with E-state index >= 15 is 0 Å². The summed E-state index contributed by atoms with van der Waals surface area (Å²) in [6.07, 6.45) is 5.41. The third-order valence-electron chi connectivity index (χ3n) is 3.30. The largest absolute Gasteiger partial charge is 0.273 e. The second-order valence-corrected chi connectivity index (χ2v) is 4.96. The van der Waals surface area contributed by atoms with E-state index in [-0.39, 0.29) is 11.8 Å². The molecule has 0 aromatic heterocycles. The lowest BCUT2D eigenvalue weighted by atomic mass is 9.88. The van der Waals surface area contributed by atoms with Crippen molar-refractivity contribution in [1.82, 2.24) is 0 Å². The number of benzene rings is 1. The first-order valence-corrected chi connectivity index (χ1v) is 6.40. The average Bonchev–Trinajstić information content (AvgIpc) is 2.39. The molecule has 0 heterocycles. The lowest BCUT2D eigenvalue weighted by Crippen LogP contribution is -2.42. The summed E-state index contributed by atoms with van der Waals surface area (Å²) >= 11 is 5.80. The van der Waals surface area contributed by atoms with Crippen molar-refractivity contribution < 1.29 is 4.79 Å². The fraction of sp³-hybridized carbons (Fsp3) is 0.462. The molecule has 1 saturated carbocycles. The molecule has 17 heavy (non-hydrogen) atoms. The molecule has 2 rings (SSSR count). The summed E-state index contributed by atoms with van der Waals surface area (Å²) in [5.41, 5.74) is 0.699. The summed E-state index contributed by atoms with van der Waals surface area (Å²) in [5, 5.41) is 1.90. The third-order valence-corrected chi connectivity index (χ3v) is 3.55. The number of nitrogens with zero attached hydrogens (tertiary/aromatic N) is 1. The molecule has 1 amide bonds. The van der Waals surface area contributed by atoms with Gasteiger partial charge in [0.05, 0.1) is 5.69 Å². The molecule has 1 fully saturated rings. The van der Waals surface area contributed by atoms with Crippen LogP contribution in [0.2, 0.25) is 5.02 Å². The van der Waals surface area contributed by atoms with Gasteiger partial charge in [0.2, 0.25) is 5.91 Å². The van der Waals surface area contributed by atoms with Gasteiger partial charge in [-0.1, -0.05) is 30.9 Å². The highest BCUT2D eigenvalue weighted by Gasteiger charge is 2.25. The fourth-order valence-corrected chi connectivity index (χ4v) is 2.40. The SMILES string of the molecule is NN(C(=O)C1CCCCC1)c1ccc(Cl)cc1. The average molecular weight is 253 g/mol. The molecule has 0 unspecified atom stereocenters.